The van der Waals surface area contributed by atoms with Crippen LogP contribution < -0.4 is 21.7 Å². The fourth-order valence-corrected chi connectivity index (χ4v) is 3.87. The standard InChI is InChI=1S/C19H33N5O5/c20-10-16(25)23-15(19(28)29)11-22-18(27)14-2-1-9-24(12-14)17(26)4-3-13-5-7-21-8-6-13/h13-15,21H,1-12,20H2,(H,22,27)(H,23,25)(H,28,29)/t14-,15+/m1/s1. The fraction of sp³-hybridized carbons (Fsp3) is 0.789. The molecule has 0 aromatic carbocycles. The van der Waals surface area contributed by atoms with Crippen molar-refractivity contribution in [1.29, 1.82) is 0 Å². The number of nitrogens with one attached hydrogen (secondary N) is 3. The van der Waals surface area contributed by atoms with Crippen LogP contribution in [-0.4, -0.2) is 79.0 Å². The van der Waals surface area contributed by atoms with Crippen LogP contribution in [0.4, 0.5) is 0 Å². The summed E-state index contributed by atoms with van der Waals surface area (Å²) in [4.78, 5) is 49.3. The average molecular weight is 412 g/mol. The van der Waals surface area contributed by atoms with Crippen molar-refractivity contribution in [1.82, 2.24) is 20.9 Å². The molecule has 0 aromatic rings. The highest BCUT2D eigenvalue weighted by Gasteiger charge is 2.29. The number of likely N-dealkylation sites (tertiary alicyclic amines) is 1. The molecule has 3 amide bonds. The largest absolute Gasteiger partial charge is 0.480 e. The van der Waals surface area contributed by atoms with Gasteiger partial charge in [0.1, 0.15) is 6.04 Å². The second-order valence-corrected chi connectivity index (χ2v) is 7.82. The van der Waals surface area contributed by atoms with Gasteiger partial charge in [-0.15, -0.1) is 0 Å². The Hall–Kier alpha value is -2.20. The van der Waals surface area contributed by atoms with Crippen LogP contribution in [0.2, 0.25) is 0 Å². The van der Waals surface area contributed by atoms with E-state index in [0.717, 1.165) is 38.8 Å². The van der Waals surface area contributed by atoms with Gasteiger partial charge in [-0.25, -0.2) is 4.79 Å². The van der Waals surface area contributed by atoms with E-state index in [-0.39, 0.29) is 30.8 Å². The van der Waals surface area contributed by atoms with Crippen molar-refractivity contribution in [3.63, 3.8) is 0 Å². The third kappa shape index (κ3) is 7.62. The molecule has 2 aliphatic heterocycles. The van der Waals surface area contributed by atoms with Crippen LogP contribution in [0.15, 0.2) is 0 Å². The van der Waals surface area contributed by atoms with E-state index in [9.17, 15) is 19.2 Å². The second-order valence-electron chi connectivity index (χ2n) is 7.82. The Morgan fingerprint density at radius 1 is 1.17 bits per heavy atom. The predicted octanol–water partition coefficient (Wildman–Crippen LogP) is -1.35. The number of nitrogens with two attached hydrogens (primary N) is 1. The third-order valence-corrected chi connectivity index (χ3v) is 5.67. The Balaban J connectivity index is 1.77. The molecule has 0 spiro atoms. The van der Waals surface area contributed by atoms with Gasteiger partial charge in [0.05, 0.1) is 12.5 Å². The van der Waals surface area contributed by atoms with E-state index in [1.54, 1.807) is 4.90 Å². The summed E-state index contributed by atoms with van der Waals surface area (Å²) < 4.78 is 0. The van der Waals surface area contributed by atoms with Gasteiger partial charge < -0.3 is 31.7 Å². The van der Waals surface area contributed by atoms with E-state index in [4.69, 9.17) is 10.8 Å². The first-order chi connectivity index (χ1) is 13.9. The number of carbonyl (C=O) groups is 4. The summed E-state index contributed by atoms with van der Waals surface area (Å²) in [5.74, 6) is -1.85. The van der Waals surface area contributed by atoms with Gasteiger partial charge in [0.25, 0.3) is 0 Å². The molecule has 0 aliphatic carbocycles. The van der Waals surface area contributed by atoms with Gasteiger partial charge in [-0.05, 0) is 51.1 Å². The molecule has 2 fully saturated rings. The van der Waals surface area contributed by atoms with Gasteiger partial charge in [-0.3, -0.25) is 14.4 Å². The molecule has 2 heterocycles. The van der Waals surface area contributed by atoms with E-state index in [1.165, 1.54) is 0 Å². The first-order valence-corrected chi connectivity index (χ1v) is 10.4. The molecule has 2 aliphatic rings. The van der Waals surface area contributed by atoms with Crippen molar-refractivity contribution in [3.8, 4) is 0 Å². The molecular weight excluding hydrogens is 378 g/mol. The third-order valence-electron chi connectivity index (χ3n) is 5.67. The highest BCUT2D eigenvalue weighted by Crippen LogP contribution is 2.21. The molecule has 2 rings (SSSR count). The van der Waals surface area contributed by atoms with Crippen molar-refractivity contribution in [2.24, 2.45) is 17.6 Å². The molecule has 0 bridgehead atoms. The normalized spacial score (nSPS) is 21.3. The molecule has 0 unspecified atom stereocenters. The lowest BCUT2D eigenvalue weighted by atomic mass is 9.92. The molecule has 0 radical (unpaired) electrons. The number of amides is 3. The van der Waals surface area contributed by atoms with Crippen LogP contribution in [0, 0.1) is 11.8 Å². The van der Waals surface area contributed by atoms with Crippen LogP contribution in [0.25, 0.3) is 0 Å². The first kappa shape index (κ1) is 23.1. The van der Waals surface area contributed by atoms with Crippen LogP contribution in [-0.2, 0) is 19.2 Å². The quantitative estimate of drug-likeness (QED) is 0.314. The lowest BCUT2D eigenvalue weighted by Crippen LogP contribution is -2.52. The second kappa shape index (κ2) is 11.7. The number of nitrogens with zero attached hydrogens (tertiary/aromatic N) is 1. The molecule has 2 saturated heterocycles. The monoisotopic (exact) mass is 411 g/mol. The fourth-order valence-electron chi connectivity index (χ4n) is 3.87. The lowest BCUT2D eigenvalue weighted by molar-refractivity contribution is -0.141. The minimum Gasteiger partial charge on any atom is -0.480 e. The Morgan fingerprint density at radius 2 is 1.90 bits per heavy atom. The number of aliphatic carboxylic acids is 1. The minimum absolute atomic E-state index is 0.0830. The average Bonchev–Trinajstić information content (AvgIpc) is 2.75. The zero-order valence-electron chi connectivity index (χ0n) is 16.8. The van der Waals surface area contributed by atoms with Crippen molar-refractivity contribution < 1.29 is 24.3 Å². The summed E-state index contributed by atoms with van der Waals surface area (Å²) in [6.45, 7) is 2.47. The van der Waals surface area contributed by atoms with Crippen molar-refractivity contribution >= 4 is 23.7 Å². The summed E-state index contributed by atoms with van der Waals surface area (Å²) in [6.07, 6.45) is 4.98. The number of carbonyl (C=O) groups excluding carboxylic acids is 3. The SMILES string of the molecule is NCC(=O)N[C@@H](CNC(=O)[C@@H]1CCCN(C(=O)CCC2CCNCC2)C1)C(=O)O. The number of piperidine rings is 2. The summed E-state index contributed by atoms with van der Waals surface area (Å²) in [6, 6.07) is -1.23. The number of hydrogen-bond donors (Lipinski definition) is 5. The molecule has 10 heteroatoms. The van der Waals surface area contributed by atoms with Crippen molar-refractivity contribution in [2.45, 2.75) is 44.6 Å². The summed E-state index contributed by atoms with van der Waals surface area (Å²) in [7, 11) is 0. The van der Waals surface area contributed by atoms with E-state index in [2.05, 4.69) is 16.0 Å². The molecular formula is C19H33N5O5. The van der Waals surface area contributed by atoms with E-state index in [1.807, 2.05) is 0 Å². The maximum absolute atomic E-state index is 12.6. The Kier molecular flexibility index (Phi) is 9.33. The molecule has 0 saturated carbocycles. The highest BCUT2D eigenvalue weighted by molar-refractivity contribution is 5.86. The van der Waals surface area contributed by atoms with Crippen LogP contribution in [0.3, 0.4) is 0 Å². The van der Waals surface area contributed by atoms with Crippen LogP contribution >= 0.6 is 0 Å². The zero-order chi connectivity index (χ0) is 21.2. The van der Waals surface area contributed by atoms with Gasteiger partial charge in [0.15, 0.2) is 0 Å². The van der Waals surface area contributed by atoms with Gasteiger partial charge >= 0.3 is 5.97 Å². The van der Waals surface area contributed by atoms with Gasteiger partial charge in [0, 0.05) is 26.1 Å². The van der Waals surface area contributed by atoms with E-state index in [0.29, 0.717) is 31.8 Å². The van der Waals surface area contributed by atoms with Crippen molar-refractivity contribution in [3.05, 3.63) is 0 Å². The lowest BCUT2D eigenvalue weighted by Gasteiger charge is -2.33. The predicted molar refractivity (Wildman–Crippen MR) is 106 cm³/mol. The van der Waals surface area contributed by atoms with Crippen LogP contribution in [0.1, 0.15) is 38.5 Å². The Labute approximate surface area is 170 Å². The van der Waals surface area contributed by atoms with E-state index < -0.39 is 17.9 Å². The first-order valence-electron chi connectivity index (χ1n) is 10.4. The summed E-state index contributed by atoms with van der Waals surface area (Å²) in [5, 5.41) is 17.3. The topological polar surface area (TPSA) is 154 Å². The highest BCUT2D eigenvalue weighted by atomic mass is 16.4. The summed E-state index contributed by atoms with van der Waals surface area (Å²) in [5.41, 5.74) is 5.18. The van der Waals surface area contributed by atoms with Gasteiger partial charge in [-0.1, -0.05) is 0 Å². The number of carboxylic acids is 1. The van der Waals surface area contributed by atoms with Crippen LogP contribution in [0.5, 0.6) is 0 Å². The smallest absolute Gasteiger partial charge is 0.328 e. The van der Waals surface area contributed by atoms with Gasteiger partial charge in [-0.2, -0.15) is 0 Å². The summed E-state index contributed by atoms with van der Waals surface area (Å²) >= 11 is 0. The molecule has 6 N–H and O–H groups in total. The van der Waals surface area contributed by atoms with Gasteiger partial charge in [0.2, 0.25) is 17.7 Å². The van der Waals surface area contributed by atoms with Crippen molar-refractivity contribution in [2.75, 3.05) is 39.3 Å². The number of rotatable bonds is 9. The molecule has 29 heavy (non-hydrogen) atoms. The number of hydrogen-bond acceptors (Lipinski definition) is 6. The minimum atomic E-state index is -1.24. The molecule has 164 valence electrons. The van der Waals surface area contributed by atoms with E-state index >= 15 is 0 Å². The number of carboxylic acid groups (broad SMARTS) is 1. The molecule has 10 nitrogen and oxygen atoms in total. The Bertz CT molecular complexity index is 594. The maximum Gasteiger partial charge on any atom is 0.328 e. The Morgan fingerprint density at radius 3 is 2.55 bits per heavy atom. The molecule has 2 atom stereocenters. The molecule has 0 aromatic heterocycles. The zero-order valence-corrected chi connectivity index (χ0v) is 16.8. The maximum atomic E-state index is 12.6.